The van der Waals surface area contributed by atoms with Crippen LogP contribution in [0.25, 0.3) is 0 Å². The van der Waals surface area contributed by atoms with E-state index in [1.807, 2.05) is 30.3 Å². The number of likely N-dealkylation sites (tertiary alicyclic amines) is 1. The highest BCUT2D eigenvalue weighted by Gasteiger charge is 2.49. The highest BCUT2D eigenvalue weighted by molar-refractivity contribution is 5.72. The number of carbonyl (C=O) groups excluding carboxylic acids is 3. The van der Waals surface area contributed by atoms with Crippen LogP contribution in [0, 0.1) is 0 Å². The van der Waals surface area contributed by atoms with Crippen molar-refractivity contribution in [2.75, 3.05) is 6.54 Å². The van der Waals surface area contributed by atoms with Gasteiger partial charge in [0.15, 0.2) is 0 Å². The Morgan fingerprint density at radius 2 is 1.93 bits per heavy atom. The maximum absolute atomic E-state index is 12.8. The Kier molecular flexibility index (Phi) is 6.00. The van der Waals surface area contributed by atoms with E-state index in [-0.39, 0.29) is 12.6 Å². The molecule has 8 nitrogen and oxygen atoms in total. The van der Waals surface area contributed by atoms with Gasteiger partial charge < -0.3 is 19.5 Å². The molecule has 2 fully saturated rings. The number of ether oxygens (including phenoxy) is 3. The SMILES string of the molecule is CC(=O)OC1CC([C@H]2OC(=O)N[C@H]2Cc2ccccc2)N(C(=O)OC(C)(C)C)C1. The zero-order valence-corrected chi connectivity index (χ0v) is 17.2. The van der Waals surface area contributed by atoms with Crippen molar-refractivity contribution in [2.24, 2.45) is 0 Å². The molecule has 2 aliphatic heterocycles. The smallest absolute Gasteiger partial charge is 0.410 e. The first-order chi connectivity index (χ1) is 13.6. The summed E-state index contributed by atoms with van der Waals surface area (Å²) in [7, 11) is 0. The van der Waals surface area contributed by atoms with Crippen molar-refractivity contribution in [3.05, 3.63) is 35.9 Å². The van der Waals surface area contributed by atoms with Crippen molar-refractivity contribution >= 4 is 18.2 Å². The standard InChI is InChI=1S/C21H28N2O6/c1-13(24)27-15-11-17(23(12-15)20(26)29-21(2,3)4)18-16(22-19(25)28-18)10-14-8-6-5-7-9-14/h5-9,15-18H,10-12H2,1-4H3,(H,22,25)/t15?,16-,17?,18-/m0/s1. The van der Waals surface area contributed by atoms with Crippen molar-refractivity contribution in [1.29, 1.82) is 0 Å². The molecule has 3 rings (SSSR count). The molecule has 158 valence electrons. The minimum atomic E-state index is -0.671. The fourth-order valence-corrected chi connectivity index (χ4v) is 3.84. The average molecular weight is 404 g/mol. The Labute approximate surface area is 170 Å². The predicted molar refractivity (Wildman–Crippen MR) is 104 cm³/mol. The summed E-state index contributed by atoms with van der Waals surface area (Å²) in [5.74, 6) is -0.415. The van der Waals surface area contributed by atoms with Crippen molar-refractivity contribution in [3.8, 4) is 0 Å². The first-order valence-electron chi connectivity index (χ1n) is 9.80. The van der Waals surface area contributed by atoms with Gasteiger partial charge in [0.2, 0.25) is 0 Å². The lowest BCUT2D eigenvalue weighted by atomic mass is 9.95. The van der Waals surface area contributed by atoms with E-state index in [2.05, 4.69) is 5.32 Å². The van der Waals surface area contributed by atoms with Crippen LogP contribution in [0.15, 0.2) is 30.3 Å². The van der Waals surface area contributed by atoms with Crippen LogP contribution in [-0.4, -0.2) is 59.5 Å². The number of rotatable bonds is 4. The van der Waals surface area contributed by atoms with Gasteiger partial charge in [0, 0.05) is 13.3 Å². The van der Waals surface area contributed by atoms with Gasteiger partial charge in [-0.25, -0.2) is 9.59 Å². The summed E-state index contributed by atoms with van der Waals surface area (Å²) < 4.78 is 16.4. The van der Waals surface area contributed by atoms with Crippen LogP contribution >= 0.6 is 0 Å². The molecule has 0 aliphatic carbocycles. The van der Waals surface area contributed by atoms with E-state index in [9.17, 15) is 14.4 Å². The lowest BCUT2D eigenvalue weighted by Gasteiger charge is -2.32. The van der Waals surface area contributed by atoms with E-state index < -0.39 is 42.0 Å². The number of hydrogen-bond acceptors (Lipinski definition) is 6. The lowest BCUT2D eigenvalue weighted by molar-refractivity contribution is -0.145. The third kappa shape index (κ3) is 5.40. The molecule has 8 heteroatoms. The number of hydrogen-bond donors (Lipinski definition) is 1. The van der Waals surface area contributed by atoms with E-state index in [0.717, 1.165) is 5.56 Å². The Balaban J connectivity index is 1.81. The number of amides is 2. The van der Waals surface area contributed by atoms with E-state index >= 15 is 0 Å². The molecule has 2 amide bonds. The largest absolute Gasteiger partial charge is 0.461 e. The van der Waals surface area contributed by atoms with Crippen LogP contribution in [0.4, 0.5) is 9.59 Å². The van der Waals surface area contributed by atoms with E-state index in [1.54, 1.807) is 20.8 Å². The van der Waals surface area contributed by atoms with Gasteiger partial charge in [-0.3, -0.25) is 9.69 Å². The third-order valence-corrected chi connectivity index (χ3v) is 4.89. The first-order valence-corrected chi connectivity index (χ1v) is 9.80. The summed E-state index contributed by atoms with van der Waals surface area (Å²) in [4.78, 5) is 37.8. The second-order valence-electron chi connectivity index (χ2n) is 8.48. The Morgan fingerprint density at radius 1 is 1.24 bits per heavy atom. The third-order valence-electron chi connectivity index (χ3n) is 4.89. The molecule has 0 spiro atoms. The van der Waals surface area contributed by atoms with Gasteiger partial charge in [0.1, 0.15) is 17.8 Å². The van der Waals surface area contributed by atoms with Crippen molar-refractivity contribution in [3.63, 3.8) is 0 Å². The van der Waals surface area contributed by atoms with Gasteiger partial charge in [0.25, 0.3) is 0 Å². The number of nitrogens with zero attached hydrogens (tertiary/aromatic N) is 1. The molecule has 0 bridgehead atoms. The second kappa shape index (κ2) is 8.31. The lowest BCUT2D eigenvalue weighted by Crippen LogP contribution is -2.50. The molecule has 1 aromatic rings. The van der Waals surface area contributed by atoms with Crippen molar-refractivity contribution in [2.45, 2.75) is 70.4 Å². The van der Waals surface area contributed by atoms with Gasteiger partial charge in [-0.1, -0.05) is 30.3 Å². The zero-order valence-electron chi connectivity index (χ0n) is 17.2. The monoisotopic (exact) mass is 404 g/mol. The van der Waals surface area contributed by atoms with Crippen molar-refractivity contribution in [1.82, 2.24) is 10.2 Å². The Bertz CT molecular complexity index is 760. The summed E-state index contributed by atoms with van der Waals surface area (Å²) in [5.41, 5.74) is 0.376. The maximum atomic E-state index is 12.8. The zero-order chi connectivity index (χ0) is 21.2. The molecule has 2 aliphatic rings. The topological polar surface area (TPSA) is 94.2 Å². The summed E-state index contributed by atoms with van der Waals surface area (Å²) in [6.07, 6.45) is -1.13. The summed E-state index contributed by atoms with van der Waals surface area (Å²) >= 11 is 0. The number of esters is 1. The highest BCUT2D eigenvalue weighted by atomic mass is 16.6. The first kappa shape index (κ1) is 21.0. The number of nitrogens with one attached hydrogen (secondary N) is 1. The van der Waals surface area contributed by atoms with Crippen LogP contribution in [-0.2, 0) is 25.4 Å². The van der Waals surface area contributed by atoms with E-state index in [4.69, 9.17) is 14.2 Å². The van der Waals surface area contributed by atoms with Crippen LogP contribution in [0.2, 0.25) is 0 Å². The molecular formula is C21H28N2O6. The van der Waals surface area contributed by atoms with Crippen LogP contribution in [0.1, 0.15) is 39.7 Å². The average Bonchev–Trinajstić information content (AvgIpc) is 3.17. The fraction of sp³-hybridized carbons (Fsp3) is 0.571. The second-order valence-corrected chi connectivity index (χ2v) is 8.48. The van der Waals surface area contributed by atoms with Crippen LogP contribution in [0.5, 0.6) is 0 Å². The van der Waals surface area contributed by atoms with Gasteiger partial charge in [-0.2, -0.15) is 0 Å². The number of benzene rings is 1. The number of cyclic esters (lactones) is 1. The van der Waals surface area contributed by atoms with Crippen LogP contribution in [0.3, 0.4) is 0 Å². The number of alkyl carbamates (subject to hydrolysis) is 1. The predicted octanol–water partition coefficient (Wildman–Crippen LogP) is 2.65. The quantitative estimate of drug-likeness (QED) is 0.612. The molecule has 4 atom stereocenters. The van der Waals surface area contributed by atoms with Crippen LogP contribution < -0.4 is 5.32 Å². The molecule has 1 N–H and O–H groups in total. The summed E-state index contributed by atoms with van der Waals surface area (Å²) in [5, 5.41) is 2.84. The molecule has 2 unspecified atom stereocenters. The van der Waals surface area contributed by atoms with E-state index in [1.165, 1.54) is 11.8 Å². The molecule has 29 heavy (non-hydrogen) atoms. The maximum Gasteiger partial charge on any atom is 0.410 e. The Hall–Kier alpha value is -2.77. The minimum Gasteiger partial charge on any atom is -0.461 e. The minimum absolute atomic E-state index is 0.200. The fourth-order valence-electron chi connectivity index (χ4n) is 3.84. The summed E-state index contributed by atoms with van der Waals surface area (Å²) in [6.45, 7) is 6.89. The van der Waals surface area contributed by atoms with Crippen molar-refractivity contribution < 1.29 is 28.6 Å². The number of carbonyl (C=O) groups is 3. The van der Waals surface area contributed by atoms with Gasteiger partial charge in [0.05, 0.1) is 18.6 Å². The molecule has 2 saturated heterocycles. The molecule has 1 aromatic carbocycles. The molecule has 0 aromatic heterocycles. The van der Waals surface area contributed by atoms with Gasteiger partial charge in [-0.05, 0) is 32.8 Å². The normalized spacial score (nSPS) is 26.6. The molecule has 0 radical (unpaired) electrons. The molecule has 0 saturated carbocycles. The Morgan fingerprint density at radius 3 is 2.55 bits per heavy atom. The molecular weight excluding hydrogens is 376 g/mol. The van der Waals surface area contributed by atoms with Gasteiger partial charge in [-0.15, -0.1) is 0 Å². The molecule has 2 heterocycles. The summed E-state index contributed by atoms with van der Waals surface area (Å²) in [6, 6.07) is 8.98. The van der Waals surface area contributed by atoms with E-state index in [0.29, 0.717) is 12.8 Å². The van der Waals surface area contributed by atoms with Gasteiger partial charge >= 0.3 is 18.2 Å². The highest BCUT2D eigenvalue weighted by Crippen LogP contribution is 2.31.